The minimum absolute atomic E-state index is 0.136. The number of carboxylic acids is 1. The predicted octanol–water partition coefficient (Wildman–Crippen LogP) is -4.66. The minimum Gasteiger partial charge on any atom is -0.480 e. The summed E-state index contributed by atoms with van der Waals surface area (Å²) < 4.78 is 0. The van der Waals surface area contributed by atoms with Crippen molar-refractivity contribution in [1.29, 1.82) is 0 Å². The van der Waals surface area contributed by atoms with Gasteiger partial charge in [-0.25, -0.2) is 4.79 Å². The van der Waals surface area contributed by atoms with Crippen LogP contribution in [-0.4, -0.2) is 112 Å². The van der Waals surface area contributed by atoms with Crippen molar-refractivity contribution in [3.8, 4) is 0 Å². The van der Waals surface area contributed by atoms with Crippen LogP contribution >= 0.6 is 25.3 Å². The number of rotatable bonds is 16. The molecule has 37 heavy (non-hydrogen) atoms. The number of hydrogen-bond acceptors (Lipinski definition) is 11. The maximum atomic E-state index is 12.9. The molecule has 0 aromatic carbocycles. The zero-order valence-corrected chi connectivity index (χ0v) is 22.4. The van der Waals surface area contributed by atoms with E-state index in [-0.39, 0.29) is 18.1 Å². The Balaban J connectivity index is 5.51. The second-order valence-corrected chi connectivity index (χ2v) is 9.02. The highest BCUT2D eigenvalue weighted by Gasteiger charge is 2.34. The van der Waals surface area contributed by atoms with Gasteiger partial charge in [0.2, 0.25) is 29.5 Å². The van der Waals surface area contributed by atoms with Crippen molar-refractivity contribution in [1.82, 2.24) is 26.6 Å². The summed E-state index contributed by atoms with van der Waals surface area (Å²) in [5.41, 5.74) is 5.21. The molecule has 10 N–H and O–H groups in total. The number of carbonyl (C=O) groups is 6. The number of aliphatic carboxylic acids is 1. The minimum atomic E-state index is -1.54. The first-order valence-corrected chi connectivity index (χ1v) is 12.4. The number of carbonyl (C=O) groups excluding carboxylic acids is 5. The van der Waals surface area contributed by atoms with Gasteiger partial charge < -0.3 is 47.6 Å². The first-order chi connectivity index (χ1) is 17.2. The number of aliphatic hydroxyl groups is 2. The number of aliphatic hydroxyl groups excluding tert-OH is 2. The first-order valence-electron chi connectivity index (χ1n) is 11.2. The third-order valence-electron chi connectivity index (χ3n) is 4.94. The molecule has 0 aromatic rings. The molecule has 0 saturated heterocycles. The molecule has 0 aromatic heterocycles. The molecule has 0 aliphatic rings. The number of amides is 5. The van der Waals surface area contributed by atoms with Crippen molar-refractivity contribution in [3.63, 3.8) is 0 Å². The van der Waals surface area contributed by atoms with E-state index in [0.717, 1.165) is 0 Å². The molecule has 0 bridgehead atoms. The van der Waals surface area contributed by atoms with Gasteiger partial charge in [0.05, 0.1) is 19.3 Å². The Hall–Kier alpha value is -2.60. The van der Waals surface area contributed by atoms with E-state index in [1.165, 1.54) is 6.92 Å². The van der Waals surface area contributed by atoms with Gasteiger partial charge in [-0.15, -0.1) is 0 Å². The zero-order valence-electron chi connectivity index (χ0n) is 20.6. The Kier molecular flexibility index (Phi) is 15.8. The van der Waals surface area contributed by atoms with Gasteiger partial charge in [0.15, 0.2) is 0 Å². The molecule has 0 fully saturated rings. The average Bonchev–Trinajstić information content (AvgIpc) is 2.84. The van der Waals surface area contributed by atoms with Crippen LogP contribution in [-0.2, 0) is 28.8 Å². The summed E-state index contributed by atoms with van der Waals surface area (Å²) >= 11 is 7.80. The van der Waals surface area contributed by atoms with Crippen LogP contribution < -0.4 is 32.3 Å². The Labute approximate surface area is 224 Å². The summed E-state index contributed by atoms with van der Waals surface area (Å²) in [6.07, 6.45) is -1.42. The van der Waals surface area contributed by atoms with E-state index in [0.29, 0.717) is 0 Å². The molecule has 6 atom stereocenters. The van der Waals surface area contributed by atoms with Crippen LogP contribution in [0.4, 0.5) is 0 Å². The van der Waals surface area contributed by atoms with Crippen LogP contribution in [0.3, 0.4) is 0 Å². The predicted molar refractivity (Wildman–Crippen MR) is 138 cm³/mol. The SMILES string of the molecule is CC(C)C(NC(=O)C(NC(=O)C(CS)NC(=O)CN)C(C)O)C(=O)NC(CO)C(=O)NC(CS)C(=O)O. The van der Waals surface area contributed by atoms with E-state index in [2.05, 4.69) is 51.8 Å². The lowest BCUT2D eigenvalue weighted by Gasteiger charge is -2.28. The van der Waals surface area contributed by atoms with Crippen LogP contribution in [0.5, 0.6) is 0 Å². The average molecular weight is 569 g/mol. The fourth-order valence-electron chi connectivity index (χ4n) is 2.80. The summed E-state index contributed by atoms with van der Waals surface area (Å²) in [5.74, 6) is -6.62. The van der Waals surface area contributed by atoms with E-state index >= 15 is 0 Å². The molecule has 0 spiro atoms. The van der Waals surface area contributed by atoms with Crippen molar-refractivity contribution in [2.24, 2.45) is 11.7 Å². The quantitative estimate of drug-likeness (QED) is 0.0794. The van der Waals surface area contributed by atoms with E-state index in [1.54, 1.807) is 13.8 Å². The standard InChI is InChI=1S/C20H36N6O9S2/c1-8(2)14(18(32)23-10(5-27)16(30)24-12(7-37)20(34)35)25-19(33)15(9(3)28)26-17(31)11(6-36)22-13(29)4-21/h8-12,14-15,27-28,36-37H,4-7,21H2,1-3H3,(H,22,29)(H,23,32)(H,24,30)(H,25,33)(H,26,31)(H,34,35). The maximum Gasteiger partial charge on any atom is 0.327 e. The Morgan fingerprint density at radius 2 is 1.19 bits per heavy atom. The Morgan fingerprint density at radius 3 is 1.59 bits per heavy atom. The first kappa shape index (κ1) is 34.4. The number of hydrogen-bond donors (Lipinski definition) is 11. The van der Waals surface area contributed by atoms with Crippen molar-refractivity contribution in [2.75, 3.05) is 24.7 Å². The number of nitrogens with one attached hydrogen (secondary N) is 5. The van der Waals surface area contributed by atoms with Crippen LogP contribution in [0.15, 0.2) is 0 Å². The highest BCUT2D eigenvalue weighted by molar-refractivity contribution is 7.80. The second-order valence-electron chi connectivity index (χ2n) is 8.29. The lowest BCUT2D eigenvalue weighted by molar-refractivity contribution is -0.142. The van der Waals surface area contributed by atoms with Crippen molar-refractivity contribution in [3.05, 3.63) is 0 Å². The molecule has 0 saturated carbocycles. The van der Waals surface area contributed by atoms with Crippen molar-refractivity contribution < 1.29 is 44.1 Å². The molecular weight excluding hydrogens is 532 g/mol. The van der Waals surface area contributed by atoms with Gasteiger partial charge >= 0.3 is 5.97 Å². The molecule has 6 unspecified atom stereocenters. The normalized spacial score (nSPS) is 15.8. The van der Waals surface area contributed by atoms with E-state index in [4.69, 9.17) is 10.8 Å². The van der Waals surface area contributed by atoms with Gasteiger partial charge in [0.1, 0.15) is 30.2 Å². The third kappa shape index (κ3) is 11.5. The number of thiol groups is 2. The molecule has 0 heterocycles. The lowest BCUT2D eigenvalue weighted by atomic mass is 10.0. The van der Waals surface area contributed by atoms with Gasteiger partial charge in [-0.3, -0.25) is 24.0 Å². The van der Waals surface area contributed by atoms with Gasteiger partial charge in [0.25, 0.3) is 0 Å². The van der Waals surface area contributed by atoms with Crippen LogP contribution in [0.1, 0.15) is 20.8 Å². The summed E-state index contributed by atoms with van der Waals surface area (Å²) in [5, 5.41) is 40.0. The fourth-order valence-corrected chi connectivity index (χ4v) is 3.30. The molecule has 212 valence electrons. The monoisotopic (exact) mass is 568 g/mol. The molecule has 0 aliphatic carbocycles. The molecular formula is C20H36N6O9S2. The number of nitrogens with two attached hydrogens (primary N) is 1. The van der Waals surface area contributed by atoms with Crippen molar-refractivity contribution >= 4 is 60.8 Å². The molecule has 15 nitrogen and oxygen atoms in total. The summed E-state index contributed by atoms with van der Waals surface area (Å²) in [6, 6.07) is -6.89. The lowest BCUT2D eigenvalue weighted by Crippen LogP contribution is -2.62. The fraction of sp³-hybridized carbons (Fsp3) is 0.700. The van der Waals surface area contributed by atoms with Crippen molar-refractivity contribution in [2.45, 2.75) is 57.1 Å². The molecule has 0 rings (SSSR count). The van der Waals surface area contributed by atoms with Gasteiger partial charge in [-0.2, -0.15) is 25.3 Å². The highest BCUT2D eigenvalue weighted by Crippen LogP contribution is 2.05. The van der Waals surface area contributed by atoms with Gasteiger partial charge in [-0.1, -0.05) is 13.8 Å². The van der Waals surface area contributed by atoms with E-state index in [9.17, 15) is 39.0 Å². The summed E-state index contributed by atoms with van der Waals surface area (Å²) in [4.78, 5) is 73.2. The highest BCUT2D eigenvalue weighted by atomic mass is 32.1. The van der Waals surface area contributed by atoms with Crippen LogP contribution in [0.25, 0.3) is 0 Å². The molecule has 0 radical (unpaired) electrons. The number of carboxylic acid groups (broad SMARTS) is 1. The van der Waals surface area contributed by atoms with Crippen LogP contribution in [0.2, 0.25) is 0 Å². The zero-order chi connectivity index (χ0) is 28.9. The molecule has 17 heteroatoms. The Morgan fingerprint density at radius 1 is 0.730 bits per heavy atom. The third-order valence-corrected chi connectivity index (χ3v) is 5.67. The summed E-state index contributed by atoms with van der Waals surface area (Å²) in [6.45, 7) is 3.09. The van der Waals surface area contributed by atoms with E-state index in [1.807, 2.05) is 0 Å². The maximum absolute atomic E-state index is 12.9. The van der Waals surface area contributed by atoms with Crippen LogP contribution in [0, 0.1) is 5.92 Å². The largest absolute Gasteiger partial charge is 0.480 e. The van der Waals surface area contributed by atoms with E-state index < -0.39 is 84.3 Å². The molecule has 5 amide bonds. The molecule has 0 aliphatic heterocycles. The Bertz CT molecular complexity index is 830. The van der Waals surface area contributed by atoms with Gasteiger partial charge in [-0.05, 0) is 12.8 Å². The van der Waals surface area contributed by atoms with Gasteiger partial charge in [0, 0.05) is 11.5 Å². The summed E-state index contributed by atoms with van der Waals surface area (Å²) in [7, 11) is 0. The topological polar surface area (TPSA) is 249 Å². The smallest absolute Gasteiger partial charge is 0.327 e. The second kappa shape index (κ2) is 17.0.